The second-order valence-electron chi connectivity index (χ2n) is 4.65. The SMILES string of the molecule is Cc1nc(C)c(-c2nnc(SCCOc3ccccc3Cl)o2)s1. The van der Waals surface area contributed by atoms with Crippen LogP contribution < -0.4 is 4.74 Å². The molecular weight excluding hydrogens is 354 g/mol. The number of benzene rings is 1. The van der Waals surface area contributed by atoms with Crippen LogP contribution in [0.1, 0.15) is 10.7 Å². The molecule has 0 radical (unpaired) electrons. The average molecular weight is 368 g/mol. The van der Waals surface area contributed by atoms with E-state index in [-0.39, 0.29) is 0 Å². The van der Waals surface area contributed by atoms with Crippen molar-refractivity contribution in [3.63, 3.8) is 0 Å². The van der Waals surface area contributed by atoms with Gasteiger partial charge in [-0.2, -0.15) is 0 Å². The summed E-state index contributed by atoms with van der Waals surface area (Å²) in [6, 6.07) is 7.39. The zero-order chi connectivity index (χ0) is 16.2. The van der Waals surface area contributed by atoms with E-state index in [9.17, 15) is 0 Å². The molecule has 120 valence electrons. The van der Waals surface area contributed by atoms with E-state index >= 15 is 0 Å². The van der Waals surface area contributed by atoms with Crippen LogP contribution in [0, 0.1) is 13.8 Å². The lowest BCUT2D eigenvalue weighted by molar-refractivity contribution is 0.343. The van der Waals surface area contributed by atoms with Crippen molar-refractivity contribution in [2.75, 3.05) is 12.4 Å². The van der Waals surface area contributed by atoms with E-state index in [2.05, 4.69) is 15.2 Å². The van der Waals surface area contributed by atoms with Gasteiger partial charge in [0.15, 0.2) is 0 Å². The standard InChI is InChI=1S/C15H14ClN3O2S2/c1-9-13(23-10(2)17-9)14-18-19-15(21-14)22-8-7-20-12-6-4-3-5-11(12)16/h3-6H,7-8H2,1-2H3. The first-order chi connectivity index (χ1) is 11.1. The normalized spacial score (nSPS) is 10.9. The second-order valence-corrected chi connectivity index (χ2v) is 7.30. The minimum absolute atomic E-state index is 0.505. The number of aryl methyl sites for hydroxylation is 2. The number of aromatic nitrogens is 3. The minimum atomic E-state index is 0.505. The van der Waals surface area contributed by atoms with Gasteiger partial charge >= 0.3 is 0 Å². The number of hydrogen-bond acceptors (Lipinski definition) is 7. The molecule has 8 heteroatoms. The van der Waals surface area contributed by atoms with Gasteiger partial charge in [0.2, 0.25) is 0 Å². The highest BCUT2D eigenvalue weighted by Gasteiger charge is 2.15. The van der Waals surface area contributed by atoms with Crippen LogP contribution in [0.4, 0.5) is 0 Å². The van der Waals surface area contributed by atoms with E-state index in [1.54, 1.807) is 17.4 Å². The summed E-state index contributed by atoms with van der Waals surface area (Å²) in [7, 11) is 0. The van der Waals surface area contributed by atoms with Gasteiger partial charge in [0.25, 0.3) is 11.1 Å². The Balaban J connectivity index is 1.54. The predicted molar refractivity (Wildman–Crippen MR) is 92.6 cm³/mol. The van der Waals surface area contributed by atoms with Crippen molar-refractivity contribution < 1.29 is 9.15 Å². The van der Waals surface area contributed by atoms with Crippen molar-refractivity contribution in [3.05, 3.63) is 40.0 Å². The van der Waals surface area contributed by atoms with Crippen LogP contribution in [0.25, 0.3) is 10.8 Å². The fourth-order valence-corrected chi connectivity index (χ4v) is 3.54. The first-order valence-electron chi connectivity index (χ1n) is 6.91. The zero-order valence-corrected chi connectivity index (χ0v) is 15.0. The quantitative estimate of drug-likeness (QED) is 0.467. The van der Waals surface area contributed by atoms with Crippen LogP contribution >= 0.6 is 34.7 Å². The molecule has 2 heterocycles. The number of hydrogen-bond donors (Lipinski definition) is 0. The first kappa shape index (κ1) is 16.3. The number of thiazole rings is 1. The lowest BCUT2D eigenvalue weighted by Crippen LogP contribution is -2.00. The average Bonchev–Trinajstić information content (AvgIpc) is 3.11. The number of ether oxygens (including phenoxy) is 1. The van der Waals surface area contributed by atoms with Crippen LogP contribution in [-0.4, -0.2) is 27.5 Å². The smallest absolute Gasteiger partial charge is 0.277 e. The Bertz CT molecular complexity index is 804. The third kappa shape index (κ3) is 4.04. The highest BCUT2D eigenvalue weighted by molar-refractivity contribution is 7.99. The van der Waals surface area contributed by atoms with Gasteiger partial charge in [-0.15, -0.1) is 21.5 Å². The molecule has 2 aromatic heterocycles. The summed E-state index contributed by atoms with van der Waals surface area (Å²) in [4.78, 5) is 5.29. The summed E-state index contributed by atoms with van der Waals surface area (Å²) in [5.41, 5.74) is 0.912. The molecule has 0 aliphatic carbocycles. The summed E-state index contributed by atoms with van der Waals surface area (Å²) >= 11 is 9.03. The molecule has 0 spiro atoms. The molecule has 0 saturated carbocycles. The van der Waals surface area contributed by atoms with E-state index in [0.717, 1.165) is 15.6 Å². The molecule has 23 heavy (non-hydrogen) atoms. The van der Waals surface area contributed by atoms with Gasteiger partial charge in [-0.05, 0) is 26.0 Å². The highest BCUT2D eigenvalue weighted by Crippen LogP contribution is 2.30. The molecule has 0 unspecified atom stereocenters. The summed E-state index contributed by atoms with van der Waals surface area (Å²) in [6.07, 6.45) is 0. The van der Waals surface area contributed by atoms with E-state index in [1.807, 2.05) is 32.0 Å². The molecule has 1 aromatic carbocycles. The Morgan fingerprint density at radius 1 is 1.26 bits per heavy atom. The van der Waals surface area contributed by atoms with Gasteiger partial charge in [0, 0.05) is 5.75 Å². The Hall–Kier alpha value is -1.57. The van der Waals surface area contributed by atoms with Crippen LogP contribution in [0.5, 0.6) is 5.75 Å². The third-order valence-electron chi connectivity index (χ3n) is 2.91. The van der Waals surface area contributed by atoms with Crippen molar-refractivity contribution >= 4 is 34.7 Å². The molecule has 5 nitrogen and oxygen atoms in total. The number of halogens is 1. The predicted octanol–water partition coefficient (Wildman–Crippen LogP) is 4.63. The van der Waals surface area contributed by atoms with Crippen LogP contribution in [-0.2, 0) is 0 Å². The number of para-hydroxylation sites is 1. The molecule has 0 N–H and O–H groups in total. The van der Waals surface area contributed by atoms with Crippen molar-refractivity contribution in [1.82, 2.24) is 15.2 Å². The topological polar surface area (TPSA) is 61.0 Å². The third-order valence-corrected chi connectivity index (χ3v) is 5.06. The molecule has 0 aliphatic rings. The fraction of sp³-hybridized carbons (Fsp3) is 0.267. The summed E-state index contributed by atoms with van der Waals surface area (Å²) in [5, 5.41) is 10.2. The molecule has 3 aromatic rings. The fourth-order valence-electron chi connectivity index (χ4n) is 1.93. The molecular formula is C15H14ClN3O2S2. The van der Waals surface area contributed by atoms with Crippen LogP contribution in [0.15, 0.2) is 33.9 Å². The molecule has 3 rings (SSSR count). The Morgan fingerprint density at radius 2 is 2.09 bits per heavy atom. The zero-order valence-electron chi connectivity index (χ0n) is 12.6. The summed E-state index contributed by atoms with van der Waals surface area (Å²) in [5.74, 6) is 1.88. The number of rotatable bonds is 6. The van der Waals surface area contributed by atoms with E-state index in [0.29, 0.717) is 34.2 Å². The highest BCUT2D eigenvalue weighted by atomic mass is 35.5. The Labute approximate surface area is 147 Å². The monoisotopic (exact) mass is 367 g/mol. The van der Waals surface area contributed by atoms with Gasteiger partial charge in [-0.1, -0.05) is 35.5 Å². The Morgan fingerprint density at radius 3 is 2.83 bits per heavy atom. The maximum absolute atomic E-state index is 6.03. The van der Waals surface area contributed by atoms with Crippen molar-refractivity contribution in [2.24, 2.45) is 0 Å². The van der Waals surface area contributed by atoms with Gasteiger partial charge in [0.05, 0.1) is 22.3 Å². The van der Waals surface area contributed by atoms with Gasteiger partial charge in [0.1, 0.15) is 10.6 Å². The van der Waals surface area contributed by atoms with Gasteiger partial charge in [-0.3, -0.25) is 0 Å². The molecule has 0 bridgehead atoms. The molecule has 0 saturated heterocycles. The summed E-state index contributed by atoms with van der Waals surface area (Å²) in [6.45, 7) is 4.40. The largest absolute Gasteiger partial charge is 0.491 e. The summed E-state index contributed by atoms with van der Waals surface area (Å²) < 4.78 is 11.3. The first-order valence-corrected chi connectivity index (χ1v) is 9.09. The molecule has 0 aliphatic heterocycles. The number of nitrogens with zero attached hydrogens (tertiary/aromatic N) is 3. The van der Waals surface area contributed by atoms with E-state index in [4.69, 9.17) is 20.8 Å². The lowest BCUT2D eigenvalue weighted by Gasteiger charge is -2.06. The van der Waals surface area contributed by atoms with Crippen LogP contribution in [0.3, 0.4) is 0 Å². The van der Waals surface area contributed by atoms with Crippen molar-refractivity contribution in [1.29, 1.82) is 0 Å². The second kappa shape index (κ2) is 7.33. The van der Waals surface area contributed by atoms with E-state index < -0.39 is 0 Å². The maximum atomic E-state index is 6.03. The minimum Gasteiger partial charge on any atom is -0.491 e. The lowest BCUT2D eigenvalue weighted by atomic mass is 10.3. The maximum Gasteiger partial charge on any atom is 0.277 e. The molecule has 0 fully saturated rings. The van der Waals surface area contributed by atoms with Crippen LogP contribution in [0.2, 0.25) is 5.02 Å². The van der Waals surface area contributed by atoms with Crippen molar-refractivity contribution in [2.45, 2.75) is 19.1 Å². The molecule has 0 atom stereocenters. The van der Waals surface area contributed by atoms with Gasteiger partial charge < -0.3 is 9.15 Å². The van der Waals surface area contributed by atoms with Crippen molar-refractivity contribution in [3.8, 4) is 16.5 Å². The molecule has 0 amide bonds. The van der Waals surface area contributed by atoms with E-state index in [1.165, 1.54) is 11.8 Å². The Kier molecular flexibility index (Phi) is 5.20. The number of thioether (sulfide) groups is 1. The van der Waals surface area contributed by atoms with Gasteiger partial charge in [-0.25, -0.2) is 4.98 Å².